The fourth-order valence-electron chi connectivity index (χ4n) is 1.44. The van der Waals surface area contributed by atoms with Crippen LogP contribution in [-0.4, -0.2) is 37.1 Å². The Labute approximate surface area is 96.3 Å². The van der Waals surface area contributed by atoms with Crippen LogP contribution in [0, 0.1) is 0 Å². The lowest BCUT2D eigenvalue weighted by Gasteiger charge is -2.08. The maximum absolute atomic E-state index is 5.70. The lowest BCUT2D eigenvalue weighted by Crippen LogP contribution is -2.15. The van der Waals surface area contributed by atoms with Crippen molar-refractivity contribution >= 4 is 11.3 Å². The van der Waals surface area contributed by atoms with E-state index in [1.54, 1.807) is 11.3 Å². The van der Waals surface area contributed by atoms with Crippen LogP contribution in [0.15, 0.2) is 5.38 Å². The Morgan fingerprint density at radius 2 is 2.27 bits per heavy atom. The van der Waals surface area contributed by atoms with E-state index in [9.17, 15) is 0 Å². The summed E-state index contributed by atoms with van der Waals surface area (Å²) in [6.45, 7) is 3.93. The normalized spacial score (nSPS) is 13.4. The molecule has 0 aliphatic rings. The number of rotatable bonds is 6. The van der Waals surface area contributed by atoms with Gasteiger partial charge >= 0.3 is 0 Å². The van der Waals surface area contributed by atoms with E-state index < -0.39 is 0 Å². The fraction of sp³-hybridized carbons (Fsp3) is 0.727. The van der Waals surface area contributed by atoms with Gasteiger partial charge in [0.15, 0.2) is 0 Å². The molecule has 0 aromatic carbocycles. The number of nitrogens with zero attached hydrogens (tertiary/aromatic N) is 2. The molecule has 1 unspecified atom stereocenters. The topological polar surface area (TPSA) is 42.1 Å². The van der Waals surface area contributed by atoms with Crippen LogP contribution in [-0.2, 0) is 6.42 Å². The Balaban J connectivity index is 2.55. The third kappa shape index (κ3) is 3.89. The molecule has 2 N–H and O–H groups in total. The summed E-state index contributed by atoms with van der Waals surface area (Å²) in [6, 6.07) is 0. The Kier molecular flexibility index (Phi) is 5.22. The van der Waals surface area contributed by atoms with Crippen LogP contribution in [0.1, 0.15) is 30.0 Å². The zero-order valence-electron chi connectivity index (χ0n) is 9.86. The number of thiazole rings is 1. The summed E-state index contributed by atoms with van der Waals surface area (Å²) >= 11 is 1.76. The molecule has 0 aliphatic heterocycles. The molecule has 0 saturated heterocycles. The number of hydrogen-bond donors (Lipinski definition) is 1. The van der Waals surface area contributed by atoms with Gasteiger partial charge in [0.05, 0.1) is 10.7 Å². The molecule has 0 fully saturated rings. The average Bonchev–Trinajstić information content (AvgIpc) is 2.65. The molecule has 4 heteroatoms. The first-order valence-electron chi connectivity index (χ1n) is 5.46. The van der Waals surface area contributed by atoms with Crippen molar-refractivity contribution in [1.29, 1.82) is 0 Å². The minimum Gasteiger partial charge on any atom is -0.330 e. The van der Waals surface area contributed by atoms with Gasteiger partial charge in [-0.15, -0.1) is 11.3 Å². The molecule has 0 spiro atoms. The standard InChI is InChI=1S/C11H21N3S/c1-4-9(7-12)10-8-15-11(13-10)5-6-14(2)3/h8-9H,4-7,12H2,1-3H3. The van der Waals surface area contributed by atoms with Crippen molar-refractivity contribution in [3.63, 3.8) is 0 Å². The van der Waals surface area contributed by atoms with Gasteiger partial charge in [0, 0.05) is 30.8 Å². The van der Waals surface area contributed by atoms with Gasteiger partial charge in [0.25, 0.3) is 0 Å². The summed E-state index contributed by atoms with van der Waals surface area (Å²) in [5.74, 6) is 0.439. The van der Waals surface area contributed by atoms with Gasteiger partial charge < -0.3 is 10.6 Å². The van der Waals surface area contributed by atoms with Crippen LogP contribution in [0.5, 0.6) is 0 Å². The van der Waals surface area contributed by atoms with E-state index in [1.807, 2.05) is 0 Å². The lowest BCUT2D eigenvalue weighted by atomic mass is 10.0. The predicted molar refractivity (Wildman–Crippen MR) is 66.5 cm³/mol. The quantitative estimate of drug-likeness (QED) is 0.804. The third-order valence-electron chi connectivity index (χ3n) is 2.54. The first kappa shape index (κ1) is 12.6. The van der Waals surface area contributed by atoms with Crippen molar-refractivity contribution in [2.45, 2.75) is 25.7 Å². The molecule has 0 saturated carbocycles. The highest BCUT2D eigenvalue weighted by molar-refractivity contribution is 7.09. The molecule has 1 heterocycles. The monoisotopic (exact) mass is 227 g/mol. The number of likely N-dealkylation sites (N-methyl/N-ethyl adjacent to an activating group) is 1. The number of nitrogens with two attached hydrogens (primary N) is 1. The summed E-state index contributed by atoms with van der Waals surface area (Å²) < 4.78 is 0. The molecule has 0 amide bonds. The molecule has 0 bridgehead atoms. The molecule has 0 aliphatic carbocycles. The molecule has 1 aromatic rings. The molecule has 1 aromatic heterocycles. The van der Waals surface area contributed by atoms with Gasteiger partial charge in [-0.1, -0.05) is 6.92 Å². The van der Waals surface area contributed by atoms with Crippen molar-refractivity contribution in [2.75, 3.05) is 27.2 Å². The largest absolute Gasteiger partial charge is 0.330 e. The first-order valence-corrected chi connectivity index (χ1v) is 6.34. The second-order valence-corrected chi connectivity index (χ2v) is 5.00. The Hall–Kier alpha value is -0.450. The smallest absolute Gasteiger partial charge is 0.0941 e. The van der Waals surface area contributed by atoms with Gasteiger partial charge in [-0.2, -0.15) is 0 Å². The van der Waals surface area contributed by atoms with Crippen LogP contribution < -0.4 is 5.73 Å². The second kappa shape index (κ2) is 6.20. The molecule has 1 atom stereocenters. The van der Waals surface area contributed by atoms with Crippen molar-refractivity contribution < 1.29 is 0 Å². The van der Waals surface area contributed by atoms with Gasteiger partial charge in [0.1, 0.15) is 0 Å². The highest BCUT2D eigenvalue weighted by Crippen LogP contribution is 2.20. The van der Waals surface area contributed by atoms with Gasteiger partial charge in [0.2, 0.25) is 0 Å². The first-order chi connectivity index (χ1) is 7.17. The molecular formula is C11H21N3S. The molecule has 0 radical (unpaired) electrons. The zero-order valence-corrected chi connectivity index (χ0v) is 10.7. The maximum atomic E-state index is 5.70. The highest BCUT2D eigenvalue weighted by atomic mass is 32.1. The summed E-state index contributed by atoms with van der Waals surface area (Å²) in [5.41, 5.74) is 6.88. The molecular weight excluding hydrogens is 206 g/mol. The summed E-state index contributed by atoms with van der Waals surface area (Å²) in [6.07, 6.45) is 2.12. The minimum atomic E-state index is 0.439. The minimum absolute atomic E-state index is 0.439. The van der Waals surface area contributed by atoms with E-state index in [1.165, 1.54) is 10.7 Å². The summed E-state index contributed by atoms with van der Waals surface area (Å²) in [5, 5.41) is 3.39. The van der Waals surface area contributed by atoms with Gasteiger partial charge in [-0.25, -0.2) is 4.98 Å². The van der Waals surface area contributed by atoms with E-state index in [0.717, 1.165) is 19.4 Å². The Bertz CT molecular complexity index is 279. The van der Waals surface area contributed by atoms with Crippen molar-refractivity contribution in [3.8, 4) is 0 Å². The fourth-order valence-corrected chi connectivity index (χ4v) is 2.31. The van der Waals surface area contributed by atoms with Crippen LogP contribution in [0.4, 0.5) is 0 Å². The van der Waals surface area contributed by atoms with E-state index >= 15 is 0 Å². The number of aromatic nitrogens is 1. The molecule has 86 valence electrons. The van der Waals surface area contributed by atoms with Crippen LogP contribution in [0.25, 0.3) is 0 Å². The van der Waals surface area contributed by atoms with Crippen molar-refractivity contribution in [1.82, 2.24) is 9.88 Å². The highest BCUT2D eigenvalue weighted by Gasteiger charge is 2.11. The van der Waals surface area contributed by atoms with Crippen LogP contribution in [0.2, 0.25) is 0 Å². The third-order valence-corrected chi connectivity index (χ3v) is 3.46. The van der Waals surface area contributed by atoms with E-state index in [2.05, 4.69) is 36.3 Å². The molecule has 15 heavy (non-hydrogen) atoms. The van der Waals surface area contributed by atoms with Crippen molar-refractivity contribution in [3.05, 3.63) is 16.1 Å². The van der Waals surface area contributed by atoms with Crippen LogP contribution in [0.3, 0.4) is 0 Å². The summed E-state index contributed by atoms with van der Waals surface area (Å²) in [7, 11) is 4.17. The molecule has 1 rings (SSSR count). The average molecular weight is 227 g/mol. The van der Waals surface area contributed by atoms with Crippen LogP contribution >= 0.6 is 11.3 Å². The Morgan fingerprint density at radius 3 is 2.80 bits per heavy atom. The number of hydrogen-bond acceptors (Lipinski definition) is 4. The van der Waals surface area contributed by atoms with E-state index in [4.69, 9.17) is 5.73 Å². The predicted octanol–water partition coefficient (Wildman–Crippen LogP) is 1.70. The second-order valence-electron chi connectivity index (χ2n) is 4.06. The van der Waals surface area contributed by atoms with E-state index in [0.29, 0.717) is 12.5 Å². The SMILES string of the molecule is CCC(CN)c1csc(CCN(C)C)n1. The van der Waals surface area contributed by atoms with E-state index in [-0.39, 0.29) is 0 Å². The summed E-state index contributed by atoms with van der Waals surface area (Å²) in [4.78, 5) is 6.82. The van der Waals surface area contributed by atoms with Gasteiger partial charge in [-0.3, -0.25) is 0 Å². The van der Waals surface area contributed by atoms with Crippen molar-refractivity contribution in [2.24, 2.45) is 5.73 Å². The lowest BCUT2D eigenvalue weighted by molar-refractivity contribution is 0.413. The van der Waals surface area contributed by atoms with Gasteiger partial charge in [-0.05, 0) is 20.5 Å². The maximum Gasteiger partial charge on any atom is 0.0941 e. The zero-order chi connectivity index (χ0) is 11.3. The molecule has 3 nitrogen and oxygen atoms in total. The Morgan fingerprint density at radius 1 is 1.53 bits per heavy atom.